The Hall–Kier alpha value is -2.40. The Morgan fingerprint density at radius 3 is 2.50 bits per heavy atom. The number of fused-ring (bicyclic) bond motifs is 1. The summed E-state index contributed by atoms with van der Waals surface area (Å²) in [6, 6.07) is 5.35. The van der Waals surface area contributed by atoms with Crippen LogP contribution in [-0.2, 0) is 17.3 Å². The molecule has 2 N–H and O–H groups in total. The minimum absolute atomic E-state index is 0.0182. The summed E-state index contributed by atoms with van der Waals surface area (Å²) in [5, 5.41) is 2.75. The Kier molecular flexibility index (Phi) is 6.23. The Morgan fingerprint density at radius 1 is 1.17 bits per heavy atom. The summed E-state index contributed by atoms with van der Waals surface area (Å²) < 4.78 is 43.7. The summed E-state index contributed by atoms with van der Waals surface area (Å²) >= 11 is 12.7. The van der Waals surface area contributed by atoms with Crippen molar-refractivity contribution in [2.75, 3.05) is 23.6 Å². The molecule has 0 saturated heterocycles. The lowest BCUT2D eigenvalue weighted by molar-refractivity contribution is 0.491. The average molecular weight is 474 g/mol. The molecule has 2 aromatic carbocycles. The summed E-state index contributed by atoms with van der Waals surface area (Å²) in [6.07, 6.45) is 1.37. The monoisotopic (exact) mass is 473 g/mol. The number of benzene rings is 2. The molecule has 0 unspecified atom stereocenters. The van der Waals surface area contributed by atoms with E-state index in [1.54, 1.807) is 13.0 Å². The number of aryl methyl sites for hydroxylation is 1. The molecule has 0 aliphatic carbocycles. The van der Waals surface area contributed by atoms with Gasteiger partial charge in [0, 0.05) is 20.6 Å². The normalized spacial score (nSPS) is 11.8. The van der Waals surface area contributed by atoms with E-state index >= 15 is 0 Å². The maximum Gasteiger partial charge on any atom is 0.301 e. The van der Waals surface area contributed by atoms with E-state index in [1.807, 2.05) is 0 Å². The summed E-state index contributed by atoms with van der Waals surface area (Å²) in [5.74, 6) is -0.734. The van der Waals surface area contributed by atoms with Gasteiger partial charge in [-0.2, -0.15) is 12.7 Å². The van der Waals surface area contributed by atoms with E-state index in [-0.39, 0.29) is 44.6 Å². The van der Waals surface area contributed by atoms with Crippen molar-refractivity contribution in [3.63, 3.8) is 0 Å². The Labute approximate surface area is 182 Å². The maximum absolute atomic E-state index is 14.5. The molecule has 0 spiro atoms. The zero-order chi connectivity index (χ0) is 22.2. The average Bonchev–Trinajstić information content (AvgIpc) is 2.70. The molecule has 3 aromatic rings. The van der Waals surface area contributed by atoms with Crippen molar-refractivity contribution in [3.05, 3.63) is 56.8 Å². The first-order valence-corrected chi connectivity index (χ1v) is 10.9. The number of nitrogens with zero attached hydrogens (tertiary/aromatic N) is 3. The lowest BCUT2D eigenvalue weighted by Crippen LogP contribution is -2.32. The van der Waals surface area contributed by atoms with Crippen LogP contribution in [0.1, 0.15) is 6.92 Å². The van der Waals surface area contributed by atoms with Gasteiger partial charge < -0.3 is 9.88 Å². The fraction of sp³-hybridized carbons (Fsp3) is 0.222. The Bertz CT molecular complexity index is 1300. The molecule has 160 valence electrons. The molecule has 0 aliphatic rings. The highest BCUT2D eigenvalue weighted by molar-refractivity contribution is 7.90. The van der Waals surface area contributed by atoms with Crippen LogP contribution in [-0.4, -0.2) is 35.9 Å². The molecule has 0 fully saturated rings. The van der Waals surface area contributed by atoms with E-state index in [0.717, 1.165) is 10.4 Å². The lowest BCUT2D eigenvalue weighted by atomic mass is 10.2. The van der Waals surface area contributed by atoms with Crippen LogP contribution < -0.4 is 15.6 Å². The minimum Gasteiger partial charge on any atom is -0.351 e. The SMILES string of the molecule is CCN(C)S(=O)(=O)Nc1ccc(F)c(Nc2ccc3ncn(C)c(=O)c3c2Cl)c1Cl. The van der Waals surface area contributed by atoms with Gasteiger partial charge in [0.15, 0.2) is 0 Å². The van der Waals surface area contributed by atoms with Crippen LogP contribution in [0, 0.1) is 5.82 Å². The Balaban J connectivity index is 2.07. The number of anilines is 3. The van der Waals surface area contributed by atoms with Crippen LogP contribution in [0.5, 0.6) is 0 Å². The van der Waals surface area contributed by atoms with Gasteiger partial charge in [-0.3, -0.25) is 9.52 Å². The third-order valence-electron chi connectivity index (χ3n) is 4.47. The van der Waals surface area contributed by atoms with Crippen molar-refractivity contribution in [1.82, 2.24) is 13.9 Å². The van der Waals surface area contributed by atoms with Crippen molar-refractivity contribution < 1.29 is 12.8 Å². The molecule has 0 saturated carbocycles. The molecule has 0 amide bonds. The molecule has 0 radical (unpaired) electrons. The molecule has 1 aromatic heterocycles. The van der Waals surface area contributed by atoms with Crippen LogP contribution in [0.2, 0.25) is 10.0 Å². The van der Waals surface area contributed by atoms with Crippen LogP contribution in [0.25, 0.3) is 10.9 Å². The van der Waals surface area contributed by atoms with Gasteiger partial charge in [-0.25, -0.2) is 9.37 Å². The molecular weight excluding hydrogens is 456 g/mol. The van der Waals surface area contributed by atoms with Crippen molar-refractivity contribution in [2.45, 2.75) is 6.92 Å². The first kappa shape index (κ1) is 22.3. The number of hydrogen-bond donors (Lipinski definition) is 2. The highest BCUT2D eigenvalue weighted by Crippen LogP contribution is 2.38. The summed E-state index contributed by atoms with van der Waals surface area (Å²) in [7, 11) is -0.942. The smallest absolute Gasteiger partial charge is 0.301 e. The fourth-order valence-corrected chi connectivity index (χ4v) is 4.15. The number of hydrogen-bond acceptors (Lipinski definition) is 5. The quantitative estimate of drug-likeness (QED) is 0.568. The van der Waals surface area contributed by atoms with E-state index in [4.69, 9.17) is 23.2 Å². The van der Waals surface area contributed by atoms with Gasteiger partial charge in [-0.05, 0) is 24.3 Å². The van der Waals surface area contributed by atoms with Crippen LogP contribution in [0.15, 0.2) is 35.4 Å². The topological polar surface area (TPSA) is 96.3 Å². The predicted octanol–water partition coefficient (Wildman–Crippen LogP) is 3.73. The third-order valence-corrected chi connectivity index (χ3v) is 6.81. The van der Waals surface area contributed by atoms with Crippen LogP contribution >= 0.6 is 23.2 Å². The summed E-state index contributed by atoms with van der Waals surface area (Å²) in [5.41, 5.74) is 0.00255. The molecule has 30 heavy (non-hydrogen) atoms. The van der Waals surface area contributed by atoms with E-state index in [0.29, 0.717) is 5.52 Å². The fourth-order valence-electron chi connectivity index (χ4n) is 2.62. The first-order chi connectivity index (χ1) is 14.1. The highest BCUT2D eigenvalue weighted by Gasteiger charge is 2.21. The molecular formula is C18H18Cl2FN5O3S. The van der Waals surface area contributed by atoms with Crippen molar-refractivity contribution in [1.29, 1.82) is 0 Å². The molecule has 8 nitrogen and oxygen atoms in total. The lowest BCUT2D eigenvalue weighted by Gasteiger charge is -2.19. The summed E-state index contributed by atoms with van der Waals surface area (Å²) in [4.78, 5) is 16.6. The van der Waals surface area contributed by atoms with Crippen molar-refractivity contribution in [3.8, 4) is 0 Å². The highest BCUT2D eigenvalue weighted by atomic mass is 35.5. The molecule has 0 atom stereocenters. The largest absolute Gasteiger partial charge is 0.351 e. The van der Waals surface area contributed by atoms with Gasteiger partial charge in [-0.15, -0.1) is 0 Å². The molecule has 0 bridgehead atoms. The van der Waals surface area contributed by atoms with Gasteiger partial charge in [0.25, 0.3) is 5.56 Å². The molecule has 3 rings (SSSR count). The van der Waals surface area contributed by atoms with E-state index in [1.165, 1.54) is 37.1 Å². The second kappa shape index (κ2) is 8.38. The Morgan fingerprint density at radius 2 is 1.83 bits per heavy atom. The standard InChI is InChI=1S/C18H18Cl2FN5O3S/c1-4-26(3)30(28,29)24-13-6-5-10(21)17(16(13)20)23-12-8-7-11-14(15(12)19)18(27)25(2)9-22-11/h5-9,23-24H,4H2,1-3H3. The number of aromatic nitrogens is 2. The summed E-state index contributed by atoms with van der Waals surface area (Å²) in [6.45, 7) is 1.90. The third kappa shape index (κ3) is 4.08. The number of halogens is 3. The molecule has 0 aliphatic heterocycles. The zero-order valence-corrected chi connectivity index (χ0v) is 18.5. The molecule has 1 heterocycles. The van der Waals surface area contributed by atoms with E-state index < -0.39 is 16.0 Å². The maximum atomic E-state index is 14.5. The predicted molar refractivity (Wildman–Crippen MR) is 118 cm³/mol. The van der Waals surface area contributed by atoms with Gasteiger partial charge >= 0.3 is 10.2 Å². The second-order valence-corrected chi connectivity index (χ2v) is 8.95. The van der Waals surface area contributed by atoms with Gasteiger partial charge in [0.05, 0.1) is 44.3 Å². The second-order valence-electron chi connectivity index (χ2n) is 6.41. The van der Waals surface area contributed by atoms with E-state index in [9.17, 15) is 17.6 Å². The van der Waals surface area contributed by atoms with Gasteiger partial charge in [0.2, 0.25) is 0 Å². The number of rotatable bonds is 6. The van der Waals surface area contributed by atoms with Crippen molar-refractivity contribution >= 4 is 61.4 Å². The van der Waals surface area contributed by atoms with Crippen LogP contribution in [0.4, 0.5) is 21.5 Å². The molecule has 12 heteroatoms. The van der Waals surface area contributed by atoms with Gasteiger partial charge in [-0.1, -0.05) is 30.1 Å². The zero-order valence-electron chi connectivity index (χ0n) is 16.2. The number of nitrogens with one attached hydrogen (secondary N) is 2. The van der Waals surface area contributed by atoms with E-state index in [2.05, 4.69) is 15.0 Å². The van der Waals surface area contributed by atoms with Gasteiger partial charge in [0.1, 0.15) is 5.82 Å². The van der Waals surface area contributed by atoms with Crippen LogP contribution in [0.3, 0.4) is 0 Å². The first-order valence-electron chi connectivity index (χ1n) is 8.69. The van der Waals surface area contributed by atoms with Crippen molar-refractivity contribution in [2.24, 2.45) is 7.05 Å². The minimum atomic E-state index is -3.87.